The number of hydrogen-bond acceptors (Lipinski definition) is 1. The normalized spacial score (nSPS) is 12.4. The van der Waals surface area contributed by atoms with Crippen LogP contribution in [0.3, 0.4) is 0 Å². The molecule has 0 radical (unpaired) electrons. The van der Waals surface area contributed by atoms with Crippen molar-refractivity contribution in [1.82, 2.24) is 5.32 Å². The Kier molecular flexibility index (Phi) is 6.18. The maximum absolute atomic E-state index is 13.7. The SMILES string of the molecule is CCCNC(Cc1ccc(I)cc1)c1cc(C)cc(F)c1. The van der Waals surface area contributed by atoms with Crippen molar-refractivity contribution in [2.75, 3.05) is 6.54 Å². The summed E-state index contributed by atoms with van der Waals surface area (Å²) in [7, 11) is 0. The molecule has 0 aromatic heterocycles. The summed E-state index contributed by atoms with van der Waals surface area (Å²) in [6.45, 7) is 5.02. The maximum atomic E-state index is 13.7. The molecule has 1 nitrogen and oxygen atoms in total. The number of halogens is 2. The molecule has 0 aliphatic heterocycles. The summed E-state index contributed by atoms with van der Waals surface area (Å²) >= 11 is 2.31. The van der Waals surface area contributed by atoms with Gasteiger partial charge in [0.2, 0.25) is 0 Å². The number of rotatable bonds is 6. The van der Waals surface area contributed by atoms with Crippen LogP contribution in [-0.2, 0) is 6.42 Å². The average molecular weight is 397 g/mol. The average Bonchev–Trinajstić information content (AvgIpc) is 2.44. The highest BCUT2D eigenvalue weighted by Crippen LogP contribution is 2.21. The molecule has 0 aliphatic carbocycles. The third-order valence-electron chi connectivity index (χ3n) is 3.46. The van der Waals surface area contributed by atoms with Gasteiger partial charge in [0.25, 0.3) is 0 Å². The van der Waals surface area contributed by atoms with Crippen molar-refractivity contribution in [3.8, 4) is 0 Å². The van der Waals surface area contributed by atoms with Crippen LogP contribution in [0.15, 0.2) is 42.5 Å². The van der Waals surface area contributed by atoms with Gasteiger partial charge in [0, 0.05) is 9.61 Å². The first kappa shape index (κ1) is 16.4. The van der Waals surface area contributed by atoms with Crippen molar-refractivity contribution < 1.29 is 4.39 Å². The molecule has 0 fully saturated rings. The van der Waals surface area contributed by atoms with E-state index in [9.17, 15) is 4.39 Å². The van der Waals surface area contributed by atoms with E-state index in [0.717, 1.165) is 30.5 Å². The van der Waals surface area contributed by atoms with Crippen LogP contribution in [0.25, 0.3) is 0 Å². The summed E-state index contributed by atoms with van der Waals surface area (Å²) in [6.07, 6.45) is 1.94. The highest BCUT2D eigenvalue weighted by molar-refractivity contribution is 14.1. The largest absolute Gasteiger partial charge is 0.310 e. The summed E-state index contributed by atoms with van der Waals surface area (Å²) < 4.78 is 14.9. The fourth-order valence-electron chi connectivity index (χ4n) is 2.45. The Morgan fingerprint density at radius 3 is 2.48 bits per heavy atom. The van der Waals surface area contributed by atoms with E-state index in [1.54, 1.807) is 12.1 Å². The van der Waals surface area contributed by atoms with Crippen LogP contribution in [-0.4, -0.2) is 6.54 Å². The van der Waals surface area contributed by atoms with Gasteiger partial charge >= 0.3 is 0 Å². The van der Waals surface area contributed by atoms with Crippen LogP contribution in [0, 0.1) is 16.3 Å². The monoisotopic (exact) mass is 397 g/mol. The smallest absolute Gasteiger partial charge is 0.123 e. The molecule has 112 valence electrons. The number of nitrogens with one attached hydrogen (secondary N) is 1. The summed E-state index contributed by atoms with van der Waals surface area (Å²) in [6, 6.07) is 14.0. The molecule has 2 aromatic carbocycles. The van der Waals surface area contributed by atoms with Crippen molar-refractivity contribution in [2.24, 2.45) is 0 Å². The van der Waals surface area contributed by atoms with E-state index in [1.807, 2.05) is 6.92 Å². The molecule has 1 N–H and O–H groups in total. The van der Waals surface area contributed by atoms with Gasteiger partial charge in [-0.25, -0.2) is 4.39 Å². The molecule has 2 rings (SSSR count). The first-order chi connectivity index (χ1) is 10.1. The molecule has 2 aromatic rings. The van der Waals surface area contributed by atoms with Crippen molar-refractivity contribution >= 4 is 22.6 Å². The lowest BCUT2D eigenvalue weighted by atomic mass is 9.97. The molecule has 21 heavy (non-hydrogen) atoms. The van der Waals surface area contributed by atoms with Gasteiger partial charge in [0.15, 0.2) is 0 Å². The highest BCUT2D eigenvalue weighted by atomic mass is 127. The summed E-state index contributed by atoms with van der Waals surface area (Å²) in [5, 5.41) is 3.53. The van der Waals surface area contributed by atoms with E-state index in [2.05, 4.69) is 65.2 Å². The van der Waals surface area contributed by atoms with Crippen molar-refractivity contribution in [3.05, 3.63) is 68.5 Å². The van der Waals surface area contributed by atoms with Gasteiger partial charge in [-0.15, -0.1) is 0 Å². The Labute approximate surface area is 140 Å². The van der Waals surface area contributed by atoms with Crippen LogP contribution < -0.4 is 5.32 Å². The third kappa shape index (κ3) is 5.08. The van der Waals surface area contributed by atoms with Gasteiger partial charge in [-0.1, -0.05) is 25.1 Å². The van der Waals surface area contributed by atoms with Crippen LogP contribution in [0.5, 0.6) is 0 Å². The molecule has 3 heteroatoms. The zero-order valence-corrected chi connectivity index (χ0v) is 14.7. The van der Waals surface area contributed by atoms with Crippen molar-refractivity contribution in [1.29, 1.82) is 0 Å². The molecule has 0 aliphatic rings. The predicted octanol–water partition coefficient (Wildman–Crippen LogP) is 5.02. The Bertz CT molecular complexity index is 560. The fraction of sp³-hybridized carbons (Fsp3) is 0.333. The highest BCUT2D eigenvalue weighted by Gasteiger charge is 2.13. The van der Waals surface area contributed by atoms with Gasteiger partial charge in [-0.2, -0.15) is 0 Å². The van der Waals surface area contributed by atoms with E-state index in [-0.39, 0.29) is 11.9 Å². The standard InChI is InChI=1S/C18H21FIN/c1-3-8-21-18(11-14-4-6-17(20)7-5-14)15-9-13(2)10-16(19)12-15/h4-7,9-10,12,18,21H,3,8,11H2,1-2H3. The van der Waals surface area contributed by atoms with E-state index in [1.165, 1.54) is 9.13 Å². The molecule has 0 amide bonds. The summed E-state index contributed by atoms with van der Waals surface area (Å²) in [5.74, 6) is -0.157. The predicted molar refractivity (Wildman–Crippen MR) is 95.0 cm³/mol. The molecule has 1 atom stereocenters. The number of hydrogen-bond donors (Lipinski definition) is 1. The lowest BCUT2D eigenvalue weighted by Crippen LogP contribution is -2.24. The first-order valence-corrected chi connectivity index (χ1v) is 8.41. The fourth-order valence-corrected chi connectivity index (χ4v) is 2.81. The van der Waals surface area contributed by atoms with E-state index in [0.29, 0.717) is 0 Å². The van der Waals surface area contributed by atoms with E-state index < -0.39 is 0 Å². The third-order valence-corrected chi connectivity index (χ3v) is 4.18. The minimum Gasteiger partial charge on any atom is -0.310 e. The zero-order chi connectivity index (χ0) is 15.2. The van der Waals surface area contributed by atoms with Gasteiger partial charge in [0.05, 0.1) is 0 Å². The number of benzene rings is 2. The summed E-state index contributed by atoms with van der Waals surface area (Å²) in [5.41, 5.74) is 3.27. The Hall–Kier alpha value is -0.940. The summed E-state index contributed by atoms with van der Waals surface area (Å²) in [4.78, 5) is 0. The van der Waals surface area contributed by atoms with Crippen molar-refractivity contribution in [2.45, 2.75) is 32.7 Å². The molecule has 0 heterocycles. The zero-order valence-electron chi connectivity index (χ0n) is 12.5. The molecule has 0 spiro atoms. The van der Waals surface area contributed by atoms with E-state index in [4.69, 9.17) is 0 Å². The van der Waals surface area contributed by atoms with Crippen LogP contribution in [0.4, 0.5) is 4.39 Å². The molecule has 0 saturated carbocycles. The van der Waals surface area contributed by atoms with Gasteiger partial charge in [-0.05, 0) is 89.9 Å². The molecule has 0 bridgehead atoms. The van der Waals surface area contributed by atoms with Crippen molar-refractivity contribution in [3.63, 3.8) is 0 Å². The second kappa shape index (κ2) is 7.90. The topological polar surface area (TPSA) is 12.0 Å². The molecule has 0 saturated heterocycles. The molecular formula is C18H21FIN. The minimum atomic E-state index is -0.157. The Morgan fingerprint density at radius 1 is 1.14 bits per heavy atom. The second-order valence-corrected chi connectivity index (χ2v) is 6.64. The van der Waals surface area contributed by atoms with Crippen LogP contribution >= 0.6 is 22.6 Å². The van der Waals surface area contributed by atoms with Gasteiger partial charge < -0.3 is 5.32 Å². The number of aryl methyl sites for hydroxylation is 1. The second-order valence-electron chi connectivity index (χ2n) is 5.40. The molecule has 1 unspecified atom stereocenters. The minimum absolute atomic E-state index is 0.152. The first-order valence-electron chi connectivity index (χ1n) is 7.33. The van der Waals surface area contributed by atoms with E-state index >= 15 is 0 Å². The van der Waals surface area contributed by atoms with Crippen LogP contribution in [0.2, 0.25) is 0 Å². The molecular weight excluding hydrogens is 376 g/mol. The Balaban J connectivity index is 2.22. The lowest BCUT2D eigenvalue weighted by Gasteiger charge is -2.20. The van der Waals surface area contributed by atoms with Crippen LogP contribution in [0.1, 0.15) is 36.1 Å². The lowest BCUT2D eigenvalue weighted by molar-refractivity contribution is 0.524. The Morgan fingerprint density at radius 2 is 1.86 bits per heavy atom. The maximum Gasteiger partial charge on any atom is 0.123 e. The quantitative estimate of drug-likeness (QED) is 0.675. The van der Waals surface area contributed by atoms with Gasteiger partial charge in [-0.3, -0.25) is 0 Å². The van der Waals surface area contributed by atoms with Gasteiger partial charge in [0.1, 0.15) is 5.82 Å².